The Morgan fingerprint density at radius 3 is 2.36 bits per heavy atom. The molecule has 9 heteroatoms. The van der Waals surface area contributed by atoms with Crippen LogP contribution < -0.4 is 5.32 Å². The zero-order valence-electron chi connectivity index (χ0n) is 14.8. The third kappa shape index (κ3) is 6.68. The molecule has 0 saturated carbocycles. The summed E-state index contributed by atoms with van der Waals surface area (Å²) < 4.78 is 30.5. The van der Waals surface area contributed by atoms with E-state index in [1.54, 1.807) is 26.0 Å². The highest BCUT2D eigenvalue weighted by Crippen LogP contribution is 2.19. The van der Waals surface area contributed by atoms with Crippen molar-refractivity contribution < 1.29 is 22.7 Å². The second-order valence-electron chi connectivity index (χ2n) is 5.57. The first-order chi connectivity index (χ1) is 11.7. The number of thioether (sulfide) groups is 1. The van der Waals surface area contributed by atoms with Gasteiger partial charge in [-0.3, -0.25) is 9.59 Å². The van der Waals surface area contributed by atoms with Crippen LogP contribution in [0.2, 0.25) is 0 Å². The quantitative estimate of drug-likeness (QED) is 0.513. The Kier molecular flexibility index (Phi) is 8.40. The normalized spacial score (nSPS) is 11.6. The number of nitrogens with zero attached hydrogens (tertiary/aromatic N) is 1. The number of benzene rings is 1. The zero-order chi connectivity index (χ0) is 19.0. The molecule has 0 unspecified atom stereocenters. The molecule has 0 aliphatic carbocycles. The number of carbonyl (C=O) groups is 2. The van der Waals surface area contributed by atoms with Crippen LogP contribution in [0.5, 0.6) is 0 Å². The third-order valence-corrected chi connectivity index (χ3v) is 6.46. The first kappa shape index (κ1) is 21.5. The number of nitrogens with one attached hydrogen (secondary N) is 1. The largest absolute Gasteiger partial charge is 0.469 e. The lowest BCUT2D eigenvalue weighted by atomic mass is 10.3. The van der Waals surface area contributed by atoms with Gasteiger partial charge >= 0.3 is 5.97 Å². The molecule has 1 amide bonds. The molecule has 0 atom stereocenters. The Balaban J connectivity index is 2.57. The van der Waals surface area contributed by atoms with Gasteiger partial charge in [0, 0.05) is 24.5 Å². The molecule has 0 fully saturated rings. The molecule has 0 saturated heterocycles. The predicted octanol–water partition coefficient (Wildman–Crippen LogP) is 1.95. The number of amides is 1. The highest BCUT2D eigenvalue weighted by Gasteiger charge is 2.22. The van der Waals surface area contributed by atoms with E-state index in [1.165, 1.54) is 42.4 Å². The van der Waals surface area contributed by atoms with Crippen LogP contribution in [0.25, 0.3) is 0 Å². The summed E-state index contributed by atoms with van der Waals surface area (Å²) in [4.78, 5) is 23.0. The highest BCUT2D eigenvalue weighted by molar-refractivity contribution is 7.99. The average molecular weight is 389 g/mol. The Labute approximate surface area is 153 Å². The molecule has 0 spiro atoms. The van der Waals surface area contributed by atoms with E-state index < -0.39 is 10.0 Å². The lowest BCUT2D eigenvalue weighted by Crippen LogP contribution is -2.33. The molecule has 0 heterocycles. The SMILES string of the molecule is COC(=O)CCSCC(=O)Nc1ccc(S(=O)(=O)N(C)C(C)C)cc1. The van der Waals surface area contributed by atoms with Gasteiger partial charge in [-0.05, 0) is 38.1 Å². The monoisotopic (exact) mass is 388 g/mol. The first-order valence-corrected chi connectivity index (χ1v) is 10.3. The van der Waals surface area contributed by atoms with Crippen LogP contribution in [0.15, 0.2) is 29.2 Å². The number of carbonyl (C=O) groups excluding carboxylic acids is 2. The van der Waals surface area contributed by atoms with Gasteiger partial charge < -0.3 is 10.1 Å². The molecule has 1 N–H and O–H groups in total. The number of anilines is 1. The fraction of sp³-hybridized carbons (Fsp3) is 0.500. The zero-order valence-corrected chi connectivity index (χ0v) is 16.4. The molecular formula is C16H24N2O5S2. The van der Waals surface area contributed by atoms with Gasteiger partial charge in [0.1, 0.15) is 0 Å². The van der Waals surface area contributed by atoms with Crippen molar-refractivity contribution in [3.8, 4) is 0 Å². The van der Waals surface area contributed by atoms with Crippen molar-refractivity contribution in [3.63, 3.8) is 0 Å². The van der Waals surface area contributed by atoms with Crippen molar-refractivity contribution in [1.82, 2.24) is 4.31 Å². The summed E-state index contributed by atoms with van der Waals surface area (Å²) in [5, 5.41) is 2.69. The maximum absolute atomic E-state index is 12.4. The molecule has 0 radical (unpaired) electrons. The topological polar surface area (TPSA) is 92.8 Å². The Hall–Kier alpha value is -1.58. The number of esters is 1. The molecule has 140 valence electrons. The molecule has 0 aromatic heterocycles. The number of hydrogen-bond acceptors (Lipinski definition) is 6. The smallest absolute Gasteiger partial charge is 0.306 e. The summed E-state index contributed by atoms with van der Waals surface area (Å²) in [5.41, 5.74) is 0.518. The molecule has 7 nitrogen and oxygen atoms in total. The molecule has 25 heavy (non-hydrogen) atoms. The Morgan fingerprint density at radius 2 is 1.84 bits per heavy atom. The second kappa shape index (κ2) is 9.79. The summed E-state index contributed by atoms with van der Waals surface area (Å²) in [6.45, 7) is 3.59. The predicted molar refractivity (Wildman–Crippen MR) is 99.1 cm³/mol. The van der Waals surface area contributed by atoms with E-state index in [0.29, 0.717) is 11.4 Å². The summed E-state index contributed by atoms with van der Waals surface area (Å²) in [6, 6.07) is 5.89. The van der Waals surface area contributed by atoms with Crippen LogP contribution in [-0.2, 0) is 24.3 Å². The van der Waals surface area contributed by atoms with Crippen molar-refractivity contribution in [1.29, 1.82) is 0 Å². The molecule has 0 aliphatic heterocycles. The maximum Gasteiger partial charge on any atom is 0.306 e. The number of sulfonamides is 1. The minimum Gasteiger partial charge on any atom is -0.469 e. The minimum absolute atomic E-state index is 0.147. The summed E-state index contributed by atoms with van der Waals surface area (Å²) >= 11 is 1.32. The maximum atomic E-state index is 12.4. The van der Waals surface area contributed by atoms with Crippen molar-refractivity contribution >= 4 is 39.3 Å². The van der Waals surface area contributed by atoms with E-state index in [4.69, 9.17) is 0 Å². The molecule has 1 aromatic rings. The van der Waals surface area contributed by atoms with Gasteiger partial charge in [-0.1, -0.05) is 0 Å². The summed E-state index contributed by atoms with van der Waals surface area (Å²) in [7, 11) is -0.688. The number of methoxy groups -OCH3 is 1. The molecule has 1 rings (SSSR count). The standard InChI is InChI=1S/C16H24N2O5S2/c1-12(2)18(3)25(21,22)14-7-5-13(6-8-14)17-15(19)11-24-10-9-16(20)23-4/h5-8,12H,9-11H2,1-4H3,(H,17,19). The Morgan fingerprint density at radius 1 is 1.24 bits per heavy atom. The molecule has 1 aromatic carbocycles. The second-order valence-corrected chi connectivity index (χ2v) is 8.67. The van der Waals surface area contributed by atoms with Crippen molar-refractivity contribution in [2.24, 2.45) is 0 Å². The van der Waals surface area contributed by atoms with E-state index >= 15 is 0 Å². The van der Waals surface area contributed by atoms with Gasteiger partial charge in [0.05, 0.1) is 24.2 Å². The van der Waals surface area contributed by atoms with Gasteiger partial charge in [-0.15, -0.1) is 0 Å². The number of rotatable bonds is 9. The molecule has 0 bridgehead atoms. The third-order valence-electron chi connectivity index (χ3n) is 3.45. The van der Waals surface area contributed by atoms with Crippen LogP contribution in [0, 0.1) is 0 Å². The Bertz CT molecular complexity index is 687. The van der Waals surface area contributed by atoms with Gasteiger partial charge in [0.2, 0.25) is 15.9 Å². The fourth-order valence-electron chi connectivity index (χ4n) is 1.77. The summed E-state index contributed by atoms with van der Waals surface area (Å²) in [6.07, 6.45) is 0.254. The van der Waals surface area contributed by atoms with Crippen LogP contribution >= 0.6 is 11.8 Å². The fourth-order valence-corrected chi connectivity index (χ4v) is 3.85. The van der Waals surface area contributed by atoms with E-state index in [0.717, 1.165) is 0 Å². The van der Waals surface area contributed by atoms with E-state index in [1.807, 2.05) is 0 Å². The first-order valence-electron chi connectivity index (χ1n) is 7.71. The van der Waals surface area contributed by atoms with E-state index in [-0.39, 0.29) is 35.0 Å². The van der Waals surface area contributed by atoms with Gasteiger partial charge in [-0.25, -0.2) is 8.42 Å². The van der Waals surface area contributed by atoms with Crippen LogP contribution in [0.1, 0.15) is 20.3 Å². The van der Waals surface area contributed by atoms with Crippen molar-refractivity contribution in [2.75, 3.05) is 31.0 Å². The lowest BCUT2D eigenvalue weighted by Gasteiger charge is -2.21. The summed E-state index contributed by atoms with van der Waals surface area (Å²) in [5.74, 6) is 0.173. The van der Waals surface area contributed by atoms with Crippen LogP contribution in [-0.4, -0.2) is 56.3 Å². The minimum atomic E-state index is -3.54. The molecular weight excluding hydrogens is 364 g/mol. The van der Waals surface area contributed by atoms with Gasteiger partial charge in [-0.2, -0.15) is 16.1 Å². The van der Waals surface area contributed by atoms with E-state index in [9.17, 15) is 18.0 Å². The van der Waals surface area contributed by atoms with Gasteiger partial charge in [0.25, 0.3) is 0 Å². The number of ether oxygens (including phenoxy) is 1. The van der Waals surface area contributed by atoms with Crippen molar-refractivity contribution in [3.05, 3.63) is 24.3 Å². The lowest BCUT2D eigenvalue weighted by molar-refractivity contribution is -0.140. The number of hydrogen-bond donors (Lipinski definition) is 1. The average Bonchev–Trinajstić information content (AvgIpc) is 2.58. The van der Waals surface area contributed by atoms with Crippen LogP contribution in [0.3, 0.4) is 0 Å². The van der Waals surface area contributed by atoms with Gasteiger partial charge in [0.15, 0.2) is 0 Å². The van der Waals surface area contributed by atoms with Crippen LogP contribution in [0.4, 0.5) is 5.69 Å². The molecule has 0 aliphatic rings. The highest BCUT2D eigenvalue weighted by atomic mass is 32.2. The van der Waals surface area contributed by atoms with Crippen molar-refractivity contribution in [2.45, 2.75) is 31.2 Å². The van der Waals surface area contributed by atoms with E-state index in [2.05, 4.69) is 10.1 Å².